The molecule has 0 aliphatic heterocycles. The van der Waals surface area contributed by atoms with Gasteiger partial charge < -0.3 is 0 Å². The van der Waals surface area contributed by atoms with Crippen LogP contribution in [0.1, 0.15) is 15.9 Å². The lowest BCUT2D eigenvalue weighted by Gasteiger charge is -2.04. The Morgan fingerprint density at radius 3 is 2.56 bits per heavy atom. The first kappa shape index (κ1) is 17.2. The fraction of sp³-hybridized carbons (Fsp3) is 0.0526. The number of hydrogen-bond acceptors (Lipinski definition) is 4. The molecule has 2 heterocycles. The molecule has 2 aromatic heterocycles. The van der Waals surface area contributed by atoms with Gasteiger partial charge in [0.25, 0.3) is 5.91 Å². The van der Waals surface area contributed by atoms with Gasteiger partial charge >= 0.3 is 0 Å². The standard InChI is InChI=1S/C19H15BrN6O/c20-16-6-2-14(3-7-16)12-25-13-21-19(24-25)23-18(27)15-4-8-17(9-5-15)26-11-1-10-22-26/h1-11,13H,12H2,(H,23,24,27). The number of amides is 1. The predicted octanol–water partition coefficient (Wildman–Crippen LogP) is 3.53. The second-order valence-corrected chi connectivity index (χ2v) is 6.76. The Hall–Kier alpha value is -3.26. The van der Waals surface area contributed by atoms with Gasteiger partial charge in [0.1, 0.15) is 6.33 Å². The third-order valence-corrected chi connectivity index (χ3v) is 4.45. The Morgan fingerprint density at radius 2 is 1.85 bits per heavy atom. The van der Waals surface area contributed by atoms with Gasteiger partial charge in [0.2, 0.25) is 5.95 Å². The third kappa shape index (κ3) is 4.12. The maximum atomic E-state index is 12.4. The largest absolute Gasteiger partial charge is 0.289 e. The molecule has 7 nitrogen and oxygen atoms in total. The molecule has 4 rings (SSSR count). The topological polar surface area (TPSA) is 77.6 Å². The van der Waals surface area contributed by atoms with E-state index in [1.807, 2.05) is 48.7 Å². The molecule has 8 heteroatoms. The van der Waals surface area contributed by atoms with Crippen molar-refractivity contribution < 1.29 is 4.79 Å². The SMILES string of the molecule is O=C(Nc1ncn(Cc2ccc(Br)cc2)n1)c1ccc(-n2cccn2)cc1. The number of nitrogens with zero attached hydrogens (tertiary/aromatic N) is 5. The summed E-state index contributed by atoms with van der Waals surface area (Å²) in [6, 6.07) is 17.0. The number of anilines is 1. The van der Waals surface area contributed by atoms with Gasteiger partial charge in [-0.3, -0.25) is 10.1 Å². The highest BCUT2D eigenvalue weighted by Gasteiger charge is 2.10. The molecular weight excluding hydrogens is 408 g/mol. The van der Waals surface area contributed by atoms with E-state index in [4.69, 9.17) is 0 Å². The van der Waals surface area contributed by atoms with E-state index in [-0.39, 0.29) is 11.9 Å². The zero-order valence-electron chi connectivity index (χ0n) is 14.2. The fourth-order valence-corrected chi connectivity index (χ4v) is 2.83. The van der Waals surface area contributed by atoms with Crippen LogP contribution in [0, 0.1) is 0 Å². The molecule has 0 saturated carbocycles. The van der Waals surface area contributed by atoms with E-state index >= 15 is 0 Å². The first-order chi connectivity index (χ1) is 13.2. The molecule has 0 radical (unpaired) electrons. The summed E-state index contributed by atoms with van der Waals surface area (Å²) in [5.41, 5.74) is 2.50. The molecule has 134 valence electrons. The molecule has 1 N–H and O–H groups in total. The zero-order valence-corrected chi connectivity index (χ0v) is 15.7. The molecule has 0 aliphatic rings. The first-order valence-corrected chi connectivity index (χ1v) is 9.02. The minimum Gasteiger partial charge on any atom is -0.289 e. The maximum Gasteiger partial charge on any atom is 0.258 e. The minimum atomic E-state index is -0.261. The number of carbonyl (C=O) groups is 1. The van der Waals surface area contributed by atoms with Crippen LogP contribution in [0.15, 0.2) is 77.8 Å². The molecule has 0 atom stereocenters. The average molecular weight is 423 g/mol. The lowest BCUT2D eigenvalue weighted by Crippen LogP contribution is -2.13. The molecule has 1 amide bonds. The first-order valence-electron chi connectivity index (χ1n) is 8.23. The summed E-state index contributed by atoms with van der Waals surface area (Å²) in [6.45, 7) is 0.578. The van der Waals surface area contributed by atoms with Crippen molar-refractivity contribution in [3.05, 3.63) is 88.9 Å². The van der Waals surface area contributed by atoms with Crippen molar-refractivity contribution in [3.8, 4) is 5.69 Å². The summed E-state index contributed by atoms with van der Waals surface area (Å²) in [5, 5.41) is 11.2. The van der Waals surface area contributed by atoms with Crippen molar-refractivity contribution in [1.29, 1.82) is 0 Å². The minimum absolute atomic E-state index is 0.261. The van der Waals surface area contributed by atoms with Crippen molar-refractivity contribution in [2.75, 3.05) is 5.32 Å². The zero-order chi connectivity index (χ0) is 18.6. The van der Waals surface area contributed by atoms with Gasteiger partial charge in [-0.05, 0) is 48.0 Å². The number of nitrogens with one attached hydrogen (secondary N) is 1. The van der Waals surface area contributed by atoms with Crippen LogP contribution in [0.5, 0.6) is 0 Å². The van der Waals surface area contributed by atoms with Crippen LogP contribution < -0.4 is 5.32 Å². The Balaban J connectivity index is 1.41. The second-order valence-electron chi connectivity index (χ2n) is 5.84. The number of aromatic nitrogens is 5. The van der Waals surface area contributed by atoms with Crippen LogP contribution in [-0.4, -0.2) is 30.5 Å². The molecule has 0 aliphatic carbocycles. The second kappa shape index (κ2) is 7.55. The number of rotatable bonds is 5. The molecule has 2 aromatic carbocycles. The monoisotopic (exact) mass is 422 g/mol. The average Bonchev–Trinajstić information content (AvgIpc) is 3.36. The Kier molecular flexibility index (Phi) is 4.80. The van der Waals surface area contributed by atoms with Crippen LogP contribution in [0.2, 0.25) is 0 Å². The lowest BCUT2D eigenvalue weighted by atomic mass is 10.2. The van der Waals surface area contributed by atoms with Gasteiger partial charge in [-0.15, -0.1) is 5.10 Å². The van der Waals surface area contributed by atoms with E-state index in [1.165, 1.54) is 0 Å². The van der Waals surface area contributed by atoms with E-state index in [0.29, 0.717) is 12.1 Å². The maximum absolute atomic E-state index is 12.4. The van der Waals surface area contributed by atoms with E-state index in [2.05, 4.69) is 36.4 Å². The van der Waals surface area contributed by atoms with Crippen molar-refractivity contribution in [3.63, 3.8) is 0 Å². The number of halogens is 1. The molecular formula is C19H15BrN6O. The quantitative estimate of drug-likeness (QED) is 0.533. The summed E-state index contributed by atoms with van der Waals surface area (Å²) in [5.74, 6) is 0.0108. The van der Waals surface area contributed by atoms with Crippen LogP contribution in [0.3, 0.4) is 0 Å². The number of benzene rings is 2. The highest BCUT2D eigenvalue weighted by atomic mass is 79.9. The van der Waals surface area contributed by atoms with Gasteiger partial charge in [-0.25, -0.2) is 14.3 Å². The number of hydrogen-bond donors (Lipinski definition) is 1. The molecule has 0 spiro atoms. The van der Waals surface area contributed by atoms with Gasteiger partial charge in [0.05, 0.1) is 12.2 Å². The van der Waals surface area contributed by atoms with Gasteiger partial charge in [-0.2, -0.15) is 5.10 Å². The summed E-state index contributed by atoms with van der Waals surface area (Å²) >= 11 is 3.41. The van der Waals surface area contributed by atoms with Gasteiger partial charge in [-0.1, -0.05) is 28.1 Å². The molecule has 0 unspecified atom stereocenters. The van der Waals surface area contributed by atoms with Crippen LogP contribution in [-0.2, 0) is 6.54 Å². The molecule has 0 saturated heterocycles. The Labute approximate surface area is 163 Å². The summed E-state index contributed by atoms with van der Waals surface area (Å²) in [7, 11) is 0. The smallest absolute Gasteiger partial charge is 0.258 e. The van der Waals surface area contributed by atoms with Crippen molar-refractivity contribution in [1.82, 2.24) is 24.5 Å². The summed E-state index contributed by atoms with van der Waals surface area (Å²) < 4.78 is 4.43. The number of carbonyl (C=O) groups excluding carboxylic acids is 1. The summed E-state index contributed by atoms with van der Waals surface area (Å²) in [4.78, 5) is 16.5. The normalized spacial score (nSPS) is 10.7. The van der Waals surface area contributed by atoms with Gasteiger partial charge in [0, 0.05) is 22.4 Å². The Bertz CT molecular complexity index is 1040. The molecule has 0 bridgehead atoms. The van der Waals surface area contributed by atoms with E-state index in [9.17, 15) is 4.79 Å². The van der Waals surface area contributed by atoms with Crippen LogP contribution >= 0.6 is 15.9 Å². The van der Waals surface area contributed by atoms with Crippen molar-refractivity contribution >= 4 is 27.8 Å². The highest BCUT2D eigenvalue weighted by molar-refractivity contribution is 9.10. The fourth-order valence-electron chi connectivity index (χ4n) is 2.57. The van der Waals surface area contributed by atoms with E-state index in [1.54, 1.807) is 34.0 Å². The predicted molar refractivity (Wildman–Crippen MR) is 105 cm³/mol. The van der Waals surface area contributed by atoms with Crippen LogP contribution in [0.25, 0.3) is 5.69 Å². The highest BCUT2D eigenvalue weighted by Crippen LogP contribution is 2.12. The lowest BCUT2D eigenvalue weighted by molar-refractivity contribution is 0.102. The van der Waals surface area contributed by atoms with Crippen molar-refractivity contribution in [2.24, 2.45) is 0 Å². The van der Waals surface area contributed by atoms with Crippen LogP contribution in [0.4, 0.5) is 5.95 Å². The Morgan fingerprint density at radius 1 is 1.07 bits per heavy atom. The van der Waals surface area contributed by atoms with E-state index < -0.39 is 0 Å². The summed E-state index contributed by atoms with van der Waals surface area (Å²) in [6.07, 6.45) is 5.15. The van der Waals surface area contributed by atoms with Gasteiger partial charge in [0.15, 0.2) is 0 Å². The molecule has 27 heavy (non-hydrogen) atoms. The molecule has 0 fully saturated rings. The third-order valence-electron chi connectivity index (χ3n) is 3.92. The van der Waals surface area contributed by atoms with Crippen molar-refractivity contribution in [2.45, 2.75) is 6.54 Å². The van der Waals surface area contributed by atoms with E-state index in [0.717, 1.165) is 15.7 Å². The molecule has 4 aromatic rings.